The Balaban J connectivity index is 1.70. The average molecular weight is 289 g/mol. The van der Waals surface area contributed by atoms with Gasteiger partial charge in [0.15, 0.2) is 0 Å². The predicted octanol–water partition coefficient (Wildman–Crippen LogP) is 2.96. The Hall–Kier alpha value is -1.33. The van der Waals surface area contributed by atoms with Crippen molar-refractivity contribution in [1.82, 2.24) is 14.8 Å². The van der Waals surface area contributed by atoms with E-state index in [1.165, 1.54) is 12.8 Å². The van der Waals surface area contributed by atoms with E-state index in [0.29, 0.717) is 0 Å². The smallest absolute Gasteiger partial charge is 0.143 e. The Labute approximate surface area is 123 Å². The summed E-state index contributed by atoms with van der Waals surface area (Å²) in [6.07, 6.45) is 3.08. The highest BCUT2D eigenvalue weighted by Gasteiger charge is 2.15. The molecule has 0 radical (unpaired) electrons. The minimum absolute atomic E-state index is 0.420. The summed E-state index contributed by atoms with van der Waals surface area (Å²) in [7, 11) is 0. The lowest BCUT2D eigenvalue weighted by Gasteiger charge is -2.14. The molecule has 2 heterocycles. The molecule has 1 unspecified atom stereocenters. The maximum absolute atomic E-state index is 9.62. The molecule has 4 nitrogen and oxygen atoms in total. The largest absolute Gasteiger partial charge is 0.389 e. The van der Waals surface area contributed by atoms with Crippen molar-refractivity contribution in [3.63, 3.8) is 0 Å². The molecule has 1 aliphatic rings. The summed E-state index contributed by atoms with van der Waals surface area (Å²) in [6.45, 7) is 2.84. The maximum atomic E-state index is 9.62. The average Bonchev–Trinajstić information content (AvgIpc) is 2.89. The minimum atomic E-state index is -0.420. The zero-order valence-corrected chi connectivity index (χ0v) is 12.4. The van der Waals surface area contributed by atoms with Gasteiger partial charge in [-0.05, 0) is 37.5 Å². The normalized spacial score (nSPS) is 15.9. The molecular weight excluding hydrogens is 270 g/mol. The van der Waals surface area contributed by atoms with Crippen LogP contribution in [0.25, 0.3) is 0 Å². The van der Waals surface area contributed by atoms with Crippen molar-refractivity contribution in [2.75, 3.05) is 0 Å². The number of hydrogen-bond acceptors (Lipinski definition) is 4. The second kappa shape index (κ2) is 5.97. The first-order chi connectivity index (χ1) is 9.74. The van der Waals surface area contributed by atoms with Crippen molar-refractivity contribution in [3.8, 4) is 0 Å². The molecule has 3 rings (SSSR count). The van der Waals surface area contributed by atoms with Gasteiger partial charge in [-0.1, -0.05) is 12.1 Å². The van der Waals surface area contributed by atoms with Gasteiger partial charge in [0.05, 0.1) is 11.9 Å². The molecule has 1 aromatic carbocycles. The molecule has 0 saturated carbocycles. The Morgan fingerprint density at radius 1 is 1.35 bits per heavy atom. The van der Waals surface area contributed by atoms with Gasteiger partial charge in [-0.25, -0.2) is 0 Å². The molecule has 1 aliphatic heterocycles. The third-order valence-electron chi connectivity index (χ3n) is 3.64. The fourth-order valence-corrected chi connectivity index (χ4v) is 3.39. The Morgan fingerprint density at radius 3 is 3.10 bits per heavy atom. The number of nitrogens with zero attached hydrogens (tertiary/aromatic N) is 3. The number of aromatic nitrogens is 3. The van der Waals surface area contributed by atoms with Crippen molar-refractivity contribution in [1.29, 1.82) is 0 Å². The summed E-state index contributed by atoms with van der Waals surface area (Å²) in [5, 5.41) is 18.2. The lowest BCUT2D eigenvalue weighted by Crippen LogP contribution is -2.12. The van der Waals surface area contributed by atoms with E-state index in [9.17, 15) is 5.11 Å². The van der Waals surface area contributed by atoms with E-state index in [0.717, 1.165) is 40.8 Å². The van der Waals surface area contributed by atoms with E-state index >= 15 is 0 Å². The van der Waals surface area contributed by atoms with E-state index in [1.807, 2.05) is 18.2 Å². The van der Waals surface area contributed by atoms with Crippen LogP contribution in [0.1, 0.15) is 43.1 Å². The van der Waals surface area contributed by atoms with Gasteiger partial charge in [0, 0.05) is 17.9 Å². The van der Waals surface area contributed by atoms with Crippen LogP contribution in [-0.2, 0) is 18.7 Å². The van der Waals surface area contributed by atoms with Crippen LogP contribution in [0.3, 0.4) is 0 Å². The summed E-state index contributed by atoms with van der Waals surface area (Å²) in [5.74, 6) is 3.02. The van der Waals surface area contributed by atoms with Gasteiger partial charge in [-0.3, -0.25) is 0 Å². The molecule has 0 bridgehead atoms. The molecule has 1 aromatic heterocycles. The number of aryl methyl sites for hydroxylation is 1. The third-order valence-corrected chi connectivity index (χ3v) is 4.63. The molecule has 106 valence electrons. The summed E-state index contributed by atoms with van der Waals surface area (Å²) in [4.78, 5) is 1.16. The quantitative estimate of drug-likeness (QED) is 0.879. The van der Waals surface area contributed by atoms with Gasteiger partial charge in [-0.15, -0.1) is 22.0 Å². The summed E-state index contributed by atoms with van der Waals surface area (Å²) >= 11 is 1.75. The highest BCUT2D eigenvalue weighted by atomic mass is 32.2. The van der Waals surface area contributed by atoms with Crippen LogP contribution in [0.2, 0.25) is 0 Å². The molecular formula is C15H19N3OS. The molecule has 1 atom stereocenters. The van der Waals surface area contributed by atoms with Crippen LogP contribution in [0.4, 0.5) is 0 Å². The van der Waals surface area contributed by atoms with Crippen LogP contribution in [0.15, 0.2) is 29.2 Å². The van der Waals surface area contributed by atoms with Crippen LogP contribution in [0.5, 0.6) is 0 Å². The van der Waals surface area contributed by atoms with E-state index < -0.39 is 6.10 Å². The minimum Gasteiger partial charge on any atom is -0.389 e. The number of aliphatic hydroxyl groups excluding tert-OH is 1. The van der Waals surface area contributed by atoms with Crippen molar-refractivity contribution >= 4 is 11.8 Å². The van der Waals surface area contributed by atoms with Gasteiger partial charge < -0.3 is 9.67 Å². The number of aliphatic hydroxyl groups is 1. The van der Waals surface area contributed by atoms with E-state index in [-0.39, 0.29) is 0 Å². The zero-order valence-electron chi connectivity index (χ0n) is 11.6. The molecule has 0 aliphatic carbocycles. The van der Waals surface area contributed by atoms with Gasteiger partial charge in [0.2, 0.25) is 0 Å². The van der Waals surface area contributed by atoms with Crippen LogP contribution in [0, 0.1) is 0 Å². The van der Waals surface area contributed by atoms with E-state index in [2.05, 4.69) is 20.8 Å². The van der Waals surface area contributed by atoms with Gasteiger partial charge >= 0.3 is 0 Å². The summed E-state index contributed by atoms with van der Waals surface area (Å²) in [5.41, 5.74) is 0.957. The topological polar surface area (TPSA) is 50.9 Å². The molecule has 1 N–H and O–H groups in total. The van der Waals surface area contributed by atoms with E-state index in [1.54, 1.807) is 18.7 Å². The third kappa shape index (κ3) is 2.88. The second-order valence-corrected chi connectivity index (χ2v) is 6.23. The molecule has 0 fully saturated rings. The Kier molecular flexibility index (Phi) is 4.08. The first-order valence-corrected chi connectivity index (χ1v) is 8.04. The van der Waals surface area contributed by atoms with Crippen LogP contribution >= 0.6 is 11.8 Å². The second-order valence-electron chi connectivity index (χ2n) is 5.18. The Bertz CT molecular complexity index is 595. The molecule has 5 heteroatoms. The standard InChI is InChI=1S/C15H19N3OS/c1-11(19)12-5-4-6-13(9-12)20-10-15-17-16-14-7-2-3-8-18(14)15/h4-6,9,11,19H,2-3,7-8,10H2,1H3. The molecule has 20 heavy (non-hydrogen) atoms. The monoisotopic (exact) mass is 289 g/mol. The number of hydrogen-bond donors (Lipinski definition) is 1. The Morgan fingerprint density at radius 2 is 2.25 bits per heavy atom. The zero-order chi connectivity index (χ0) is 13.9. The maximum Gasteiger partial charge on any atom is 0.143 e. The highest BCUT2D eigenvalue weighted by Crippen LogP contribution is 2.26. The van der Waals surface area contributed by atoms with Gasteiger partial charge in [-0.2, -0.15) is 0 Å². The van der Waals surface area contributed by atoms with Crippen LogP contribution < -0.4 is 0 Å². The SMILES string of the molecule is CC(O)c1cccc(SCc2nnc3n2CCCC3)c1. The number of benzene rings is 1. The molecule has 0 spiro atoms. The highest BCUT2D eigenvalue weighted by molar-refractivity contribution is 7.98. The number of fused-ring (bicyclic) bond motifs is 1. The first-order valence-electron chi connectivity index (χ1n) is 7.06. The molecule has 2 aromatic rings. The first kappa shape index (κ1) is 13.6. The molecule has 0 saturated heterocycles. The lowest BCUT2D eigenvalue weighted by atomic mass is 10.1. The van der Waals surface area contributed by atoms with Crippen molar-refractivity contribution in [2.24, 2.45) is 0 Å². The number of rotatable bonds is 4. The van der Waals surface area contributed by atoms with Crippen molar-refractivity contribution in [3.05, 3.63) is 41.5 Å². The summed E-state index contributed by atoms with van der Waals surface area (Å²) < 4.78 is 2.26. The van der Waals surface area contributed by atoms with Crippen molar-refractivity contribution < 1.29 is 5.11 Å². The fraction of sp³-hybridized carbons (Fsp3) is 0.467. The van der Waals surface area contributed by atoms with Gasteiger partial charge in [0.25, 0.3) is 0 Å². The van der Waals surface area contributed by atoms with Crippen LogP contribution in [-0.4, -0.2) is 19.9 Å². The predicted molar refractivity (Wildman–Crippen MR) is 79.6 cm³/mol. The van der Waals surface area contributed by atoms with Crippen molar-refractivity contribution in [2.45, 2.75) is 49.5 Å². The number of thioether (sulfide) groups is 1. The lowest BCUT2D eigenvalue weighted by molar-refractivity contribution is 0.199. The van der Waals surface area contributed by atoms with Gasteiger partial charge in [0.1, 0.15) is 11.6 Å². The summed E-state index contributed by atoms with van der Waals surface area (Å²) in [6, 6.07) is 8.06. The molecule has 0 amide bonds. The van der Waals surface area contributed by atoms with E-state index in [4.69, 9.17) is 0 Å². The fourth-order valence-electron chi connectivity index (χ4n) is 2.49.